The Bertz CT molecular complexity index is 342. The van der Waals surface area contributed by atoms with Crippen molar-refractivity contribution in [1.82, 2.24) is 4.98 Å². The third-order valence-corrected chi connectivity index (χ3v) is 1.65. The number of hydrogen-bond acceptors (Lipinski definition) is 4. The predicted molar refractivity (Wildman–Crippen MR) is 61.2 cm³/mol. The van der Waals surface area contributed by atoms with Crippen LogP contribution >= 0.6 is 0 Å². The van der Waals surface area contributed by atoms with Gasteiger partial charge in [-0.3, -0.25) is 0 Å². The van der Waals surface area contributed by atoms with E-state index in [0.29, 0.717) is 11.3 Å². The van der Waals surface area contributed by atoms with Crippen LogP contribution in [0.25, 0.3) is 0 Å². The Morgan fingerprint density at radius 1 is 1.40 bits per heavy atom. The Hall–Kier alpha value is -1.76. The van der Waals surface area contributed by atoms with Gasteiger partial charge < -0.3 is 9.64 Å². The summed E-state index contributed by atoms with van der Waals surface area (Å²) in [6, 6.07) is 3.74. The molecule has 0 amide bonds. The van der Waals surface area contributed by atoms with E-state index in [0.717, 1.165) is 5.82 Å². The molecule has 82 valence electrons. The molecule has 0 N–H and O–H groups in total. The summed E-state index contributed by atoms with van der Waals surface area (Å²) >= 11 is 0. The number of hydrogen-bond donors (Lipinski definition) is 0. The van der Waals surface area contributed by atoms with Crippen LogP contribution in [0.2, 0.25) is 0 Å². The van der Waals surface area contributed by atoms with E-state index in [1.165, 1.54) is 7.11 Å². The summed E-state index contributed by atoms with van der Waals surface area (Å²) in [5.74, 6) is 1.26. The highest BCUT2D eigenvalue weighted by Gasteiger charge is 2.05. The van der Waals surface area contributed by atoms with Gasteiger partial charge >= 0.3 is 0 Å². The standard InChI is InChI=1S/C9H11N3O.C2H6/c1-12(2)9-4-7(5-10)8(13-3)6-11-9;1-2/h4,6H,1-3H3;1-2H3. The minimum atomic E-state index is 0.501. The van der Waals surface area contributed by atoms with Crippen molar-refractivity contribution in [2.24, 2.45) is 0 Å². The minimum Gasteiger partial charge on any atom is -0.494 e. The zero-order chi connectivity index (χ0) is 11.8. The maximum atomic E-state index is 8.78. The van der Waals surface area contributed by atoms with E-state index in [9.17, 15) is 0 Å². The van der Waals surface area contributed by atoms with E-state index in [2.05, 4.69) is 11.1 Å². The lowest BCUT2D eigenvalue weighted by Gasteiger charge is -2.11. The lowest BCUT2D eigenvalue weighted by molar-refractivity contribution is 0.411. The molecule has 15 heavy (non-hydrogen) atoms. The maximum absolute atomic E-state index is 8.78. The van der Waals surface area contributed by atoms with E-state index in [4.69, 9.17) is 10.00 Å². The number of pyridine rings is 1. The quantitative estimate of drug-likeness (QED) is 0.744. The molecule has 0 saturated heterocycles. The van der Waals surface area contributed by atoms with Crippen molar-refractivity contribution in [1.29, 1.82) is 5.26 Å². The molecule has 4 heteroatoms. The molecular weight excluding hydrogens is 190 g/mol. The number of rotatable bonds is 2. The maximum Gasteiger partial charge on any atom is 0.155 e. The van der Waals surface area contributed by atoms with E-state index in [-0.39, 0.29) is 0 Å². The van der Waals surface area contributed by atoms with Gasteiger partial charge in [0.05, 0.1) is 18.9 Å². The van der Waals surface area contributed by atoms with Crippen LogP contribution in [-0.4, -0.2) is 26.2 Å². The number of nitrogens with zero attached hydrogens (tertiary/aromatic N) is 3. The first kappa shape index (κ1) is 13.2. The third-order valence-electron chi connectivity index (χ3n) is 1.65. The fourth-order valence-electron chi connectivity index (χ4n) is 0.926. The zero-order valence-electron chi connectivity index (χ0n) is 9.90. The van der Waals surface area contributed by atoms with Gasteiger partial charge in [0.15, 0.2) is 5.75 Å². The van der Waals surface area contributed by atoms with Gasteiger partial charge in [0.2, 0.25) is 0 Å². The van der Waals surface area contributed by atoms with Crippen molar-refractivity contribution in [3.8, 4) is 11.8 Å². The van der Waals surface area contributed by atoms with Gasteiger partial charge in [-0.15, -0.1) is 0 Å². The van der Waals surface area contributed by atoms with Crippen LogP contribution in [0, 0.1) is 11.3 Å². The predicted octanol–water partition coefficient (Wildman–Crippen LogP) is 2.05. The normalized spacial score (nSPS) is 8.27. The molecule has 0 aliphatic heterocycles. The summed E-state index contributed by atoms with van der Waals surface area (Å²) in [4.78, 5) is 5.94. The van der Waals surface area contributed by atoms with Crippen molar-refractivity contribution in [3.63, 3.8) is 0 Å². The summed E-state index contributed by atoms with van der Waals surface area (Å²) in [5.41, 5.74) is 0.501. The number of nitriles is 1. The van der Waals surface area contributed by atoms with Gasteiger partial charge in [-0.05, 0) is 0 Å². The fraction of sp³-hybridized carbons (Fsp3) is 0.455. The van der Waals surface area contributed by atoms with E-state index in [1.807, 2.05) is 32.8 Å². The first-order chi connectivity index (χ1) is 7.19. The molecule has 1 rings (SSSR count). The van der Waals surface area contributed by atoms with Crippen LogP contribution in [0.5, 0.6) is 5.75 Å². The second-order valence-electron chi connectivity index (χ2n) is 2.75. The molecule has 0 bridgehead atoms. The third kappa shape index (κ3) is 3.47. The molecule has 0 unspecified atom stereocenters. The van der Waals surface area contributed by atoms with Crippen LogP contribution in [0.4, 0.5) is 5.82 Å². The summed E-state index contributed by atoms with van der Waals surface area (Å²) < 4.78 is 4.97. The average Bonchev–Trinajstić information content (AvgIpc) is 2.30. The fourth-order valence-corrected chi connectivity index (χ4v) is 0.926. The van der Waals surface area contributed by atoms with Crippen LogP contribution < -0.4 is 9.64 Å². The van der Waals surface area contributed by atoms with Crippen LogP contribution in [0.3, 0.4) is 0 Å². The first-order valence-electron chi connectivity index (χ1n) is 4.80. The molecule has 0 atom stereocenters. The van der Waals surface area contributed by atoms with Gasteiger partial charge in [-0.2, -0.15) is 5.26 Å². The van der Waals surface area contributed by atoms with Gasteiger partial charge in [0.1, 0.15) is 11.9 Å². The van der Waals surface area contributed by atoms with Crippen molar-refractivity contribution < 1.29 is 4.74 Å². The molecule has 0 aliphatic carbocycles. The Kier molecular flexibility index (Phi) is 5.88. The molecular formula is C11H17N3O. The zero-order valence-corrected chi connectivity index (χ0v) is 9.90. The highest BCUT2D eigenvalue weighted by Crippen LogP contribution is 2.19. The van der Waals surface area contributed by atoms with Gasteiger partial charge in [0.25, 0.3) is 0 Å². The first-order valence-corrected chi connectivity index (χ1v) is 4.80. The molecule has 4 nitrogen and oxygen atoms in total. The van der Waals surface area contributed by atoms with Crippen molar-refractivity contribution >= 4 is 5.82 Å². The number of aromatic nitrogens is 1. The highest BCUT2D eigenvalue weighted by molar-refractivity contribution is 5.50. The van der Waals surface area contributed by atoms with Crippen molar-refractivity contribution in [3.05, 3.63) is 17.8 Å². The Balaban J connectivity index is 0.000000921. The Morgan fingerprint density at radius 2 is 2.00 bits per heavy atom. The van der Waals surface area contributed by atoms with Crippen LogP contribution in [0.1, 0.15) is 19.4 Å². The number of methoxy groups -OCH3 is 1. The smallest absolute Gasteiger partial charge is 0.155 e. The van der Waals surface area contributed by atoms with Crippen LogP contribution in [-0.2, 0) is 0 Å². The molecule has 0 saturated carbocycles. The lowest BCUT2D eigenvalue weighted by atomic mass is 10.2. The Morgan fingerprint density at radius 3 is 2.40 bits per heavy atom. The number of anilines is 1. The summed E-state index contributed by atoms with van der Waals surface area (Å²) in [7, 11) is 5.26. The monoisotopic (exact) mass is 207 g/mol. The molecule has 1 heterocycles. The van der Waals surface area contributed by atoms with Gasteiger partial charge in [-0.1, -0.05) is 13.8 Å². The SMILES string of the molecule is CC.COc1cnc(N(C)C)cc1C#N. The topological polar surface area (TPSA) is 49.1 Å². The second-order valence-corrected chi connectivity index (χ2v) is 2.75. The van der Waals surface area contributed by atoms with E-state index >= 15 is 0 Å². The largest absolute Gasteiger partial charge is 0.494 e. The molecule has 1 aromatic rings. The molecule has 0 radical (unpaired) electrons. The lowest BCUT2D eigenvalue weighted by Crippen LogP contribution is -2.10. The second kappa shape index (κ2) is 6.66. The molecule has 0 aromatic carbocycles. The molecule has 0 spiro atoms. The van der Waals surface area contributed by atoms with Crippen molar-refractivity contribution in [2.45, 2.75) is 13.8 Å². The summed E-state index contributed by atoms with van der Waals surface area (Å²) in [6.45, 7) is 4.00. The average molecular weight is 207 g/mol. The number of ether oxygens (including phenoxy) is 1. The van der Waals surface area contributed by atoms with Gasteiger partial charge in [-0.25, -0.2) is 4.98 Å². The molecule has 0 fully saturated rings. The highest BCUT2D eigenvalue weighted by atomic mass is 16.5. The molecule has 1 aromatic heterocycles. The summed E-state index contributed by atoms with van der Waals surface area (Å²) in [5, 5.41) is 8.78. The van der Waals surface area contributed by atoms with Crippen molar-refractivity contribution in [2.75, 3.05) is 26.1 Å². The summed E-state index contributed by atoms with van der Waals surface area (Å²) in [6.07, 6.45) is 1.55. The van der Waals surface area contributed by atoms with E-state index < -0.39 is 0 Å². The molecule has 0 aliphatic rings. The van der Waals surface area contributed by atoms with Gasteiger partial charge in [0, 0.05) is 20.2 Å². The minimum absolute atomic E-state index is 0.501. The van der Waals surface area contributed by atoms with Crippen LogP contribution in [0.15, 0.2) is 12.3 Å². The Labute approximate surface area is 91.1 Å². The van der Waals surface area contributed by atoms with E-state index in [1.54, 1.807) is 12.3 Å².